The first kappa shape index (κ1) is 16.2. The fraction of sp³-hybridized carbons (Fsp3) is 0.389. The minimum absolute atomic E-state index is 0.0236. The standard InChI is InChI=1S/C18H20N4O2S/c1-13-16(22-8-10-25-18(22)20-13)17(23)21(12-15-6-4-9-24-15)11-14-5-2-3-7-19-14/h2-3,5,7-8,10,15H,4,6,9,11-12H2,1H3/t15-/m1/s1. The average molecular weight is 356 g/mol. The van der Waals surface area contributed by atoms with Gasteiger partial charge in [0.25, 0.3) is 5.91 Å². The van der Waals surface area contributed by atoms with Gasteiger partial charge in [-0.3, -0.25) is 14.2 Å². The maximum absolute atomic E-state index is 13.3. The molecule has 0 spiro atoms. The fourth-order valence-corrected chi connectivity index (χ4v) is 4.00. The second-order valence-corrected chi connectivity index (χ2v) is 7.12. The molecular formula is C18H20N4O2S. The van der Waals surface area contributed by atoms with Crippen LogP contribution in [0.5, 0.6) is 0 Å². The van der Waals surface area contributed by atoms with Crippen LogP contribution >= 0.6 is 11.3 Å². The van der Waals surface area contributed by atoms with E-state index >= 15 is 0 Å². The van der Waals surface area contributed by atoms with Gasteiger partial charge in [-0.05, 0) is 31.9 Å². The van der Waals surface area contributed by atoms with Gasteiger partial charge < -0.3 is 9.64 Å². The van der Waals surface area contributed by atoms with Crippen LogP contribution in [0.2, 0.25) is 0 Å². The molecule has 1 atom stereocenters. The van der Waals surface area contributed by atoms with Crippen LogP contribution in [-0.4, -0.2) is 44.4 Å². The number of imidazole rings is 1. The molecule has 1 amide bonds. The zero-order valence-corrected chi connectivity index (χ0v) is 14.9. The highest BCUT2D eigenvalue weighted by molar-refractivity contribution is 7.15. The van der Waals surface area contributed by atoms with Crippen molar-refractivity contribution in [3.63, 3.8) is 0 Å². The second kappa shape index (κ2) is 6.93. The number of rotatable bonds is 5. The van der Waals surface area contributed by atoms with Gasteiger partial charge in [0.1, 0.15) is 5.69 Å². The molecule has 0 aliphatic carbocycles. The van der Waals surface area contributed by atoms with Crippen LogP contribution in [-0.2, 0) is 11.3 Å². The van der Waals surface area contributed by atoms with E-state index in [1.54, 1.807) is 6.20 Å². The highest BCUT2D eigenvalue weighted by atomic mass is 32.1. The molecule has 0 radical (unpaired) electrons. The van der Waals surface area contributed by atoms with Crippen molar-refractivity contribution < 1.29 is 9.53 Å². The summed E-state index contributed by atoms with van der Waals surface area (Å²) in [5, 5.41) is 1.95. The third-order valence-corrected chi connectivity index (χ3v) is 5.21. The maximum Gasteiger partial charge on any atom is 0.273 e. The molecule has 0 aromatic carbocycles. The Morgan fingerprint density at radius 1 is 1.48 bits per heavy atom. The number of carbonyl (C=O) groups excluding carboxylic acids is 1. The first-order valence-corrected chi connectivity index (χ1v) is 9.33. The summed E-state index contributed by atoms with van der Waals surface area (Å²) in [6.07, 6.45) is 5.80. The van der Waals surface area contributed by atoms with E-state index in [0.717, 1.165) is 35.8 Å². The largest absolute Gasteiger partial charge is 0.376 e. The van der Waals surface area contributed by atoms with Crippen molar-refractivity contribution in [2.75, 3.05) is 13.2 Å². The zero-order valence-electron chi connectivity index (χ0n) is 14.1. The molecule has 1 fully saturated rings. The van der Waals surface area contributed by atoms with Crippen molar-refractivity contribution >= 4 is 22.2 Å². The number of nitrogens with zero attached hydrogens (tertiary/aromatic N) is 4. The Kier molecular flexibility index (Phi) is 4.50. The van der Waals surface area contributed by atoms with Crippen molar-refractivity contribution in [3.05, 3.63) is 53.1 Å². The molecule has 4 heterocycles. The average Bonchev–Trinajstić information content (AvgIpc) is 3.32. The van der Waals surface area contributed by atoms with E-state index in [1.807, 2.05) is 46.0 Å². The highest BCUT2D eigenvalue weighted by Crippen LogP contribution is 2.21. The van der Waals surface area contributed by atoms with Crippen LogP contribution in [0.3, 0.4) is 0 Å². The van der Waals surface area contributed by atoms with E-state index in [9.17, 15) is 4.79 Å². The molecule has 25 heavy (non-hydrogen) atoms. The summed E-state index contributed by atoms with van der Waals surface area (Å²) in [4.78, 5) is 24.9. The molecule has 0 bridgehead atoms. The number of thiazole rings is 1. The van der Waals surface area contributed by atoms with Crippen molar-refractivity contribution in [3.8, 4) is 0 Å². The molecule has 1 saturated heterocycles. The lowest BCUT2D eigenvalue weighted by molar-refractivity contribution is 0.0498. The predicted molar refractivity (Wildman–Crippen MR) is 95.8 cm³/mol. The number of aromatic nitrogens is 3. The van der Waals surface area contributed by atoms with E-state index in [-0.39, 0.29) is 12.0 Å². The predicted octanol–water partition coefficient (Wildman–Crippen LogP) is 2.92. The van der Waals surface area contributed by atoms with Crippen molar-refractivity contribution in [2.24, 2.45) is 0 Å². The number of carbonyl (C=O) groups is 1. The van der Waals surface area contributed by atoms with Gasteiger partial charge in [-0.2, -0.15) is 0 Å². The van der Waals surface area contributed by atoms with Gasteiger partial charge in [-0.15, -0.1) is 11.3 Å². The molecule has 3 aromatic heterocycles. The molecule has 6 nitrogen and oxygen atoms in total. The van der Waals surface area contributed by atoms with Gasteiger partial charge in [0.15, 0.2) is 4.96 Å². The first-order valence-electron chi connectivity index (χ1n) is 8.45. The maximum atomic E-state index is 13.3. The number of hydrogen-bond acceptors (Lipinski definition) is 5. The minimum atomic E-state index is -0.0236. The highest BCUT2D eigenvalue weighted by Gasteiger charge is 2.27. The Labute approximate surface area is 150 Å². The Hall–Kier alpha value is -2.25. The summed E-state index contributed by atoms with van der Waals surface area (Å²) in [5.74, 6) is -0.0236. The van der Waals surface area contributed by atoms with Gasteiger partial charge in [-0.1, -0.05) is 6.07 Å². The van der Waals surface area contributed by atoms with E-state index in [4.69, 9.17) is 4.74 Å². The first-order chi connectivity index (χ1) is 12.2. The van der Waals surface area contributed by atoms with Crippen molar-refractivity contribution in [1.82, 2.24) is 19.3 Å². The molecule has 1 aliphatic heterocycles. The SMILES string of the molecule is Cc1nc2sccn2c1C(=O)N(Cc1ccccn1)C[C@H]1CCCO1. The van der Waals surface area contributed by atoms with Crippen LogP contribution in [0.15, 0.2) is 36.0 Å². The molecule has 3 aromatic rings. The van der Waals surface area contributed by atoms with Crippen LogP contribution < -0.4 is 0 Å². The lowest BCUT2D eigenvalue weighted by atomic mass is 10.2. The van der Waals surface area contributed by atoms with Crippen molar-refractivity contribution in [2.45, 2.75) is 32.4 Å². The van der Waals surface area contributed by atoms with Gasteiger partial charge in [0.05, 0.1) is 24.0 Å². The van der Waals surface area contributed by atoms with Crippen LogP contribution in [0.25, 0.3) is 4.96 Å². The van der Waals surface area contributed by atoms with Gasteiger partial charge >= 0.3 is 0 Å². The second-order valence-electron chi connectivity index (χ2n) is 6.24. The number of amides is 1. The number of aryl methyl sites for hydroxylation is 1. The Balaban J connectivity index is 1.64. The molecule has 0 unspecified atom stereocenters. The minimum Gasteiger partial charge on any atom is -0.376 e. The molecule has 0 saturated carbocycles. The van der Waals surface area contributed by atoms with Gasteiger partial charge in [-0.25, -0.2) is 4.98 Å². The van der Waals surface area contributed by atoms with Crippen LogP contribution in [0.1, 0.15) is 34.7 Å². The van der Waals surface area contributed by atoms with E-state index in [1.165, 1.54) is 11.3 Å². The summed E-state index contributed by atoms with van der Waals surface area (Å²) in [7, 11) is 0. The topological polar surface area (TPSA) is 59.7 Å². The summed E-state index contributed by atoms with van der Waals surface area (Å²) in [6, 6.07) is 5.77. The normalized spacial score (nSPS) is 17.2. The molecule has 7 heteroatoms. The molecule has 0 N–H and O–H groups in total. The Morgan fingerprint density at radius 2 is 2.40 bits per heavy atom. The van der Waals surface area contributed by atoms with E-state index < -0.39 is 0 Å². The van der Waals surface area contributed by atoms with E-state index in [0.29, 0.717) is 18.8 Å². The number of hydrogen-bond donors (Lipinski definition) is 0. The number of fused-ring (bicyclic) bond motifs is 1. The fourth-order valence-electron chi connectivity index (χ4n) is 3.24. The van der Waals surface area contributed by atoms with Crippen molar-refractivity contribution in [1.29, 1.82) is 0 Å². The third kappa shape index (κ3) is 3.29. The summed E-state index contributed by atoms with van der Waals surface area (Å²) < 4.78 is 7.63. The molecule has 4 rings (SSSR count). The Morgan fingerprint density at radius 3 is 3.16 bits per heavy atom. The smallest absolute Gasteiger partial charge is 0.273 e. The zero-order chi connectivity index (χ0) is 17.2. The monoisotopic (exact) mass is 356 g/mol. The summed E-state index contributed by atoms with van der Waals surface area (Å²) in [6.45, 7) is 3.71. The molecule has 130 valence electrons. The van der Waals surface area contributed by atoms with Crippen LogP contribution in [0, 0.1) is 6.92 Å². The Bertz CT molecular complexity index is 868. The third-order valence-electron chi connectivity index (χ3n) is 4.45. The summed E-state index contributed by atoms with van der Waals surface area (Å²) >= 11 is 1.53. The number of ether oxygens (including phenoxy) is 1. The molecular weight excluding hydrogens is 336 g/mol. The quantitative estimate of drug-likeness (QED) is 0.705. The van der Waals surface area contributed by atoms with E-state index in [2.05, 4.69) is 9.97 Å². The van der Waals surface area contributed by atoms with Crippen LogP contribution in [0.4, 0.5) is 0 Å². The van der Waals surface area contributed by atoms with Gasteiger partial charge in [0, 0.05) is 30.9 Å². The number of pyridine rings is 1. The lowest BCUT2D eigenvalue weighted by Gasteiger charge is -2.25. The van der Waals surface area contributed by atoms with Gasteiger partial charge in [0.2, 0.25) is 0 Å². The molecule has 1 aliphatic rings. The lowest BCUT2D eigenvalue weighted by Crippen LogP contribution is -2.38. The summed E-state index contributed by atoms with van der Waals surface area (Å²) in [5.41, 5.74) is 2.26.